The van der Waals surface area contributed by atoms with E-state index in [1.54, 1.807) is 17.7 Å². The highest BCUT2D eigenvalue weighted by molar-refractivity contribution is 5.76. The van der Waals surface area contributed by atoms with E-state index in [2.05, 4.69) is 25.2 Å². The Morgan fingerprint density at radius 1 is 1.31 bits per heavy atom. The number of esters is 1. The van der Waals surface area contributed by atoms with Crippen molar-refractivity contribution in [2.75, 3.05) is 6.54 Å². The largest absolute Gasteiger partial charge is 0.461 e. The van der Waals surface area contributed by atoms with E-state index >= 15 is 0 Å². The molecule has 4 heteroatoms. The van der Waals surface area contributed by atoms with Gasteiger partial charge in [0.15, 0.2) is 0 Å². The first-order chi connectivity index (χ1) is 12.5. The molecule has 2 fully saturated rings. The van der Waals surface area contributed by atoms with Gasteiger partial charge in [0.25, 0.3) is 0 Å². The number of carbonyl (C=O) groups excluding carboxylic acids is 1. The summed E-state index contributed by atoms with van der Waals surface area (Å²) in [6.45, 7) is 5.90. The van der Waals surface area contributed by atoms with Gasteiger partial charge in [-0.1, -0.05) is 44.1 Å². The molecule has 3 aliphatic rings. The number of hydrogen-bond acceptors (Lipinski definition) is 3. The molecule has 5 atom stereocenters. The van der Waals surface area contributed by atoms with Crippen LogP contribution in [0, 0.1) is 29.0 Å². The van der Waals surface area contributed by atoms with Crippen molar-refractivity contribution in [1.29, 1.82) is 0 Å². The average molecular weight is 357 g/mol. The molecule has 4 rings (SSSR count). The summed E-state index contributed by atoms with van der Waals surface area (Å²) in [6.07, 6.45) is 7.10. The van der Waals surface area contributed by atoms with Crippen LogP contribution in [-0.4, -0.2) is 18.6 Å². The maximum Gasteiger partial charge on any atom is 0.311 e. The van der Waals surface area contributed by atoms with E-state index < -0.39 is 0 Å². The van der Waals surface area contributed by atoms with Crippen LogP contribution in [0.5, 0.6) is 0 Å². The standard InChI is InChI=1S/C22H28FNO2/c1-14-4-3-9-22(2)11-20-17(10-19(14)22)18(21(25)26-20)13-24-12-15-5-7-16(23)8-6-15/h5-8,10,14,17-18,20,24H,3-4,9,11-13H2,1-2H3. The number of nitrogens with one attached hydrogen (secondary N) is 1. The molecular formula is C22H28FNO2. The van der Waals surface area contributed by atoms with E-state index in [-0.39, 0.29) is 35.1 Å². The fourth-order valence-electron chi connectivity index (χ4n) is 5.26. The Kier molecular flexibility index (Phi) is 4.64. The fourth-order valence-corrected chi connectivity index (χ4v) is 5.26. The van der Waals surface area contributed by atoms with Crippen molar-refractivity contribution < 1.29 is 13.9 Å². The van der Waals surface area contributed by atoms with Crippen molar-refractivity contribution >= 4 is 5.97 Å². The van der Waals surface area contributed by atoms with Crippen LogP contribution in [0.15, 0.2) is 35.9 Å². The molecule has 140 valence electrons. The van der Waals surface area contributed by atoms with E-state index in [1.165, 1.54) is 31.4 Å². The number of fused-ring (bicyclic) bond motifs is 2. The quantitative estimate of drug-likeness (QED) is 0.647. The first-order valence-corrected chi connectivity index (χ1v) is 9.84. The van der Waals surface area contributed by atoms with Crippen LogP contribution < -0.4 is 5.32 Å². The second-order valence-electron chi connectivity index (χ2n) is 8.60. The molecule has 1 aromatic carbocycles. The Labute approximate surface area is 155 Å². The monoisotopic (exact) mass is 357 g/mol. The van der Waals surface area contributed by atoms with E-state index in [1.807, 2.05) is 0 Å². The number of hydrogen-bond donors (Lipinski definition) is 1. The van der Waals surface area contributed by atoms with Gasteiger partial charge in [-0.15, -0.1) is 0 Å². The van der Waals surface area contributed by atoms with E-state index in [9.17, 15) is 9.18 Å². The summed E-state index contributed by atoms with van der Waals surface area (Å²) >= 11 is 0. The van der Waals surface area contributed by atoms with Crippen molar-refractivity contribution in [3.63, 3.8) is 0 Å². The highest BCUT2D eigenvalue weighted by Crippen LogP contribution is 2.53. The molecule has 3 nitrogen and oxygen atoms in total. The summed E-state index contributed by atoms with van der Waals surface area (Å²) in [6, 6.07) is 6.48. The van der Waals surface area contributed by atoms with Crippen LogP contribution in [-0.2, 0) is 16.1 Å². The first-order valence-electron chi connectivity index (χ1n) is 9.84. The number of carbonyl (C=O) groups is 1. The maximum absolute atomic E-state index is 13.0. The van der Waals surface area contributed by atoms with Crippen molar-refractivity contribution in [2.24, 2.45) is 23.2 Å². The number of rotatable bonds is 4. The third-order valence-electron chi connectivity index (χ3n) is 6.69. The fraction of sp³-hybridized carbons (Fsp3) is 0.591. The van der Waals surface area contributed by atoms with Gasteiger partial charge in [-0.3, -0.25) is 4.79 Å². The Morgan fingerprint density at radius 2 is 2.08 bits per heavy atom. The van der Waals surface area contributed by atoms with Gasteiger partial charge < -0.3 is 10.1 Å². The third-order valence-corrected chi connectivity index (χ3v) is 6.69. The highest BCUT2D eigenvalue weighted by Gasteiger charge is 2.51. The van der Waals surface area contributed by atoms with E-state index in [4.69, 9.17) is 4.74 Å². The summed E-state index contributed by atoms with van der Waals surface area (Å²) in [4.78, 5) is 12.5. The van der Waals surface area contributed by atoms with Gasteiger partial charge >= 0.3 is 5.97 Å². The van der Waals surface area contributed by atoms with E-state index in [0.29, 0.717) is 19.0 Å². The lowest BCUT2D eigenvalue weighted by molar-refractivity contribution is -0.145. The molecule has 0 amide bonds. The summed E-state index contributed by atoms with van der Waals surface area (Å²) in [5, 5.41) is 3.37. The average Bonchev–Trinajstić information content (AvgIpc) is 2.89. The topological polar surface area (TPSA) is 38.3 Å². The Bertz CT molecular complexity index is 713. The van der Waals surface area contributed by atoms with Gasteiger partial charge in [0.1, 0.15) is 11.9 Å². The molecule has 1 heterocycles. The van der Waals surface area contributed by atoms with Crippen molar-refractivity contribution in [1.82, 2.24) is 5.32 Å². The third kappa shape index (κ3) is 3.20. The zero-order chi connectivity index (χ0) is 18.3. The Morgan fingerprint density at radius 3 is 2.85 bits per heavy atom. The summed E-state index contributed by atoms with van der Waals surface area (Å²) < 4.78 is 18.8. The minimum atomic E-state index is -0.227. The van der Waals surface area contributed by atoms with Gasteiger partial charge in [-0.05, 0) is 48.3 Å². The van der Waals surface area contributed by atoms with Crippen LogP contribution in [0.3, 0.4) is 0 Å². The molecule has 0 aromatic heterocycles. The Balaban J connectivity index is 1.45. The second-order valence-corrected chi connectivity index (χ2v) is 8.60. The van der Waals surface area contributed by atoms with Crippen LogP contribution in [0.25, 0.3) is 0 Å². The molecule has 0 radical (unpaired) electrons. The minimum absolute atomic E-state index is 0.0270. The molecule has 1 aromatic rings. The number of halogens is 1. The number of ether oxygens (including phenoxy) is 1. The molecule has 26 heavy (non-hydrogen) atoms. The lowest BCUT2D eigenvalue weighted by Gasteiger charge is -2.46. The van der Waals surface area contributed by atoms with E-state index in [0.717, 1.165) is 12.0 Å². The molecule has 1 aliphatic heterocycles. The van der Waals surface area contributed by atoms with Gasteiger partial charge in [0.2, 0.25) is 0 Å². The van der Waals surface area contributed by atoms with Gasteiger partial charge in [0, 0.05) is 19.0 Å². The second kappa shape index (κ2) is 6.80. The molecule has 1 saturated heterocycles. The highest BCUT2D eigenvalue weighted by atomic mass is 19.1. The predicted molar refractivity (Wildman–Crippen MR) is 98.8 cm³/mol. The van der Waals surface area contributed by atoms with Gasteiger partial charge in [-0.2, -0.15) is 0 Å². The normalized spacial score (nSPS) is 36.1. The lowest BCUT2D eigenvalue weighted by atomic mass is 9.59. The molecule has 0 bridgehead atoms. The van der Waals surface area contributed by atoms with Crippen LogP contribution in [0.2, 0.25) is 0 Å². The zero-order valence-corrected chi connectivity index (χ0v) is 15.6. The molecule has 0 spiro atoms. The summed E-state index contributed by atoms with van der Waals surface area (Å²) in [7, 11) is 0. The summed E-state index contributed by atoms with van der Waals surface area (Å²) in [5.41, 5.74) is 2.77. The smallest absolute Gasteiger partial charge is 0.311 e. The maximum atomic E-state index is 13.0. The van der Waals surface area contributed by atoms with Crippen LogP contribution >= 0.6 is 0 Å². The number of benzene rings is 1. The molecule has 1 N–H and O–H groups in total. The van der Waals surface area contributed by atoms with Crippen LogP contribution in [0.4, 0.5) is 4.39 Å². The van der Waals surface area contributed by atoms with Crippen molar-refractivity contribution in [2.45, 2.75) is 52.2 Å². The molecular weight excluding hydrogens is 329 g/mol. The molecule has 2 aliphatic carbocycles. The van der Waals surface area contributed by atoms with Crippen molar-refractivity contribution in [3.05, 3.63) is 47.3 Å². The lowest BCUT2D eigenvalue weighted by Crippen LogP contribution is -2.40. The Hall–Kier alpha value is -1.68. The molecule has 5 unspecified atom stereocenters. The minimum Gasteiger partial charge on any atom is -0.461 e. The van der Waals surface area contributed by atoms with Gasteiger partial charge in [-0.25, -0.2) is 4.39 Å². The zero-order valence-electron chi connectivity index (χ0n) is 15.6. The van der Waals surface area contributed by atoms with Gasteiger partial charge in [0.05, 0.1) is 5.92 Å². The summed E-state index contributed by atoms with van der Waals surface area (Å²) in [5.74, 6) is 0.379. The van der Waals surface area contributed by atoms with Crippen LogP contribution in [0.1, 0.15) is 45.1 Å². The van der Waals surface area contributed by atoms with Crippen molar-refractivity contribution in [3.8, 4) is 0 Å². The molecule has 1 saturated carbocycles. The number of allylic oxidation sites excluding steroid dienone is 1. The first kappa shape index (κ1) is 17.7. The SMILES string of the molecule is CC1CCCC2(C)CC3OC(=O)C(CNCc4ccc(F)cc4)C3C=C12. The predicted octanol–water partition coefficient (Wildman–Crippen LogP) is 4.23.